The number of non-ortho nitro benzene ring substituents is 1. The molecule has 1 aliphatic carbocycles. The average molecular weight is 278 g/mol. The fourth-order valence-corrected chi connectivity index (χ4v) is 2.70. The van der Waals surface area contributed by atoms with Crippen LogP contribution < -0.4 is 16.4 Å². The van der Waals surface area contributed by atoms with E-state index in [1.807, 2.05) is 4.90 Å². The zero-order valence-electron chi connectivity index (χ0n) is 11.1. The summed E-state index contributed by atoms with van der Waals surface area (Å²) in [4.78, 5) is 23.5. The highest BCUT2D eigenvalue weighted by Gasteiger charge is 2.25. The molecule has 7 nitrogen and oxygen atoms in total. The number of benzene rings is 1. The van der Waals surface area contributed by atoms with Crippen molar-refractivity contribution < 1.29 is 9.72 Å². The summed E-state index contributed by atoms with van der Waals surface area (Å²) in [5.41, 5.74) is 11.8. The van der Waals surface area contributed by atoms with E-state index in [-0.39, 0.29) is 18.3 Å². The number of carbonyl (C=O) groups is 1. The first kappa shape index (κ1) is 14.1. The number of nitrogens with two attached hydrogens (primary N) is 2. The quantitative estimate of drug-likeness (QED) is 0.480. The molecule has 0 aromatic heterocycles. The molecule has 1 saturated carbocycles. The summed E-state index contributed by atoms with van der Waals surface area (Å²) >= 11 is 0. The van der Waals surface area contributed by atoms with Gasteiger partial charge in [-0.15, -0.1) is 0 Å². The molecule has 2 rings (SSSR count). The Morgan fingerprint density at radius 1 is 1.35 bits per heavy atom. The highest BCUT2D eigenvalue weighted by Crippen LogP contribution is 2.31. The van der Waals surface area contributed by atoms with Crippen LogP contribution >= 0.6 is 0 Å². The molecule has 108 valence electrons. The lowest BCUT2D eigenvalue weighted by molar-refractivity contribution is -0.384. The molecule has 0 saturated heterocycles. The topological polar surface area (TPSA) is 115 Å². The van der Waals surface area contributed by atoms with Crippen LogP contribution in [0.4, 0.5) is 17.1 Å². The summed E-state index contributed by atoms with van der Waals surface area (Å²) in [6.45, 7) is 0.0469. The average Bonchev–Trinajstić information content (AvgIpc) is 2.88. The number of primary amides is 1. The molecule has 0 spiro atoms. The maximum atomic E-state index is 11.3. The van der Waals surface area contributed by atoms with Crippen LogP contribution in [-0.4, -0.2) is 23.4 Å². The molecule has 20 heavy (non-hydrogen) atoms. The van der Waals surface area contributed by atoms with Gasteiger partial charge in [0.1, 0.15) is 0 Å². The van der Waals surface area contributed by atoms with E-state index >= 15 is 0 Å². The van der Waals surface area contributed by atoms with E-state index in [1.165, 1.54) is 12.1 Å². The highest BCUT2D eigenvalue weighted by molar-refractivity contribution is 5.80. The fraction of sp³-hybridized carbons (Fsp3) is 0.462. The number of nitrogens with zero attached hydrogens (tertiary/aromatic N) is 2. The molecule has 0 radical (unpaired) electrons. The van der Waals surface area contributed by atoms with Gasteiger partial charge in [0.05, 0.1) is 11.5 Å². The minimum atomic E-state index is -0.489. The predicted molar refractivity (Wildman–Crippen MR) is 76.3 cm³/mol. The Morgan fingerprint density at radius 2 is 2.00 bits per heavy atom. The van der Waals surface area contributed by atoms with Gasteiger partial charge in [0.15, 0.2) is 0 Å². The zero-order valence-corrected chi connectivity index (χ0v) is 11.1. The Kier molecular flexibility index (Phi) is 4.07. The minimum absolute atomic E-state index is 0.0469. The SMILES string of the molecule is NC(=O)CN(c1cc(N)cc([N+](=O)[O-])c1)C1CCCC1. The Morgan fingerprint density at radius 3 is 2.55 bits per heavy atom. The van der Waals surface area contributed by atoms with Crippen LogP contribution in [0.15, 0.2) is 18.2 Å². The second-order valence-corrected chi connectivity index (χ2v) is 5.07. The van der Waals surface area contributed by atoms with Crippen molar-refractivity contribution >= 4 is 23.0 Å². The van der Waals surface area contributed by atoms with Crippen LogP contribution in [-0.2, 0) is 4.79 Å². The van der Waals surface area contributed by atoms with Crippen LogP contribution in [0.3, 0.4) is 0 Å². The number of nitro groups is 1. The van der Waals surface area contributed by atoms with Crippen LogP contribution in [0.25, 0.3) is 0 Å². The number of hydrogen-bond acceptors (Lipinski definition) is 5. The van der Waals surface area contributed by atoms with Gasteiger partial charge in [0.2, 0.25) is 5.91 Å². The maximum Gasteiger partial charge on any atom is 0.273 e. The third-order valence-electron chi connectivity index (χ3n) is 3.56. The Hall–Kier alpha value is -2.31. The number of nitrogen functional groups attached to an aromatic ring is 1. The molecule has 4 N–H and O–H groups in total. The van der Waals surface area contributed by atoms with Crippen molar-refractivity contribution in [1.82, 2.24) is 0 Å². The van der Waals surface area contributed by atoms with Crippen LogP contribution in [0.5, 0.6) is 0 Å². The van der Waals surface area contributed by atoms with Crippen LogP contribution in [0.1, 0.15) is 25.7 Å². The number of anilines is 2. The van der Waals surface area contributed by atoms with Gasteiger partial charge in [-0.25, -0.2) is 0 Å². The first-order chi connectivity index (χ1) is 9.47. The van der Waals surface area contributed by atoms with Crippen molar-refractivity contribution in [3.63, 3.8) is 0 Å². The molecule has 1 fully saturated rings. The minimum Gasteiger partial charge on any atom is -0.398 e. The first-order valence-electron chi connectivity index (χ1n) is 6.57. The molecule has 1 aromatic carbocycles. The Bertz CT molecular complexity index is 526. The van der Waals surface area contributed by atoms with E-state index in [0.717, 1.165) is 25.7 Å². The van der Waals surface area contributed by atoms with Gasteiger partial charge in [-0.3, -0.25) is 14.9 Å². The lowest BCUT2D eigenvalue weighted by Gasteiger charge is -2.30. The molecule has 1 amide bonds. The Balaban J connectivity index is 2.36. The van der Waals surface area contributed by atoms with Crippen molar-refractivity contribution in [3.8, 4) is 0 Å². The highest BCUT2D eigenvalue weighted by atomic mass is 16.6. The smallest absolute Gasteiger partial charge is 0.273 e. The van der Waals surface area contributed by atoms with E-state index in [1.54, 1.807) is 6.07 Å². The van der Waals surface area contributed by atoms with Gasteiger partial charge >= 0.3 is 0 Å². The first-order valence-corrected chi connectivity index (χ1v) is 6.57. The molecular formula is C13H18N4O3. The summed E-state index contributed by atoms with van der Waals surface area (Å²) in [6.07, 6.45) is 4.08. The predicted octanol–water partition coefficient (Wildman–Crippen LogP) is 1.41. The maximum absolute atomic E-state index is 11.3. The van der Waals surface area contributed by atoms with E-state index in [2.05, 4.69) is 0 Å². The summed E-state index contributed by atoms with van der Waals surface area (Å²) < 4.78 is 0. The van der Waals surface area contributed by atoms with Gasteiger partial charge in [-0.2, -0.15) is 0 Å². The molecular weight excluding hydrogens is 260 g/mol. The number of carbonyl (C=O) groups excluding carboxylic acids is 1. The van der Waals surface area contributed by atoms with Gasteiger partial charge in [-0.1, -0.05) is 12.8 Å². The summed E-state index contributed by atoms with van der Waals surface area (Å²) in [6, 6.07) is 4.58. The van der Waals surface area contributed by atoms with E-state index < -0.39 is 10.8 Å². The molecule has 0 atom stereocenters. The standard InChI is InChI=1S/C13H18N4O3/c14-9-5-11(7-12(6-9)17(19)20)16(8-13(15)18)10-3-1-2-4-10/h5-7,10H,1-4,8,14H2,(H2,15,18). The van der Waals surface area contributed by atoms with E-state index in [9.17, 15) is 14.9 Å². The number of nitro benzene ring substituents is 1. The lowest BCUT2D eigenvalue weighted by atomic mass is 10.1. The van der Waals surface area contributed by atoms with Crippen LogP contribution in [0.2, 0.25) is 0 Å². The number of rotatable bonds is 5. The Labute approximate surface area is 116 Å². The lowest BCUT2D eigenvalue weighted by Crippen LogP contribution is -2.40. The van der Waals surface area contributed by atoms with Crippen molar-refractivity contribution in [3.05, 3.63) is 28.3 Å². The third-order valence-corrected chi connectivity index (χ3v) is 3.56. The summed E-state index contributed by atoms with van der Waals surface area (Å²) in [5.74, 6) is -0.457. The van der Waals surface area contributed by atoms with Crippen molar-refractivity contribution in [2.45, 2.75) is 31.7 Å². The molecule has 0 bridgehead atoms. The summed E-state index contributed by atoms with van der Waals surface area (Å²) in [5, 5.41) is 10.9. The number of amides is 1. The van der Waals surface area contributed by atoms with E-state index in [0.29, 0.717) is 11.4 Å². The second kappa shape index (κ2) is 5.77. The molecule has 7 heteroatoms. The van der Waals surface area contributed by atoms with Gasteiger partial charge in [0, 0.05) is 29.5 Å². The normalized spacial score (nSPS) is 15.2. The third kappa shape index (κ3) is 3.17. The van der Waals surface area contributed by atoms with Crippen molar-refractivity contribution in [1.29, 1.82) is 0 Å². The van der Waals surface area contributed by atoms with Crippen molar-refractivity contribution in [2.75, 3.05) is 17.2 Å². The van der Waals surface area contributed by atoms with E-state index in [4.69, 9.17) is 11.5 Å². The summed E-state index contributed by atoms with van der Waals surface area (Å²) in [7, 11) is 0. The van der Waals surface area contributed by atoms with Crippen LogP contribution in [0, 0.1) is 10.1 Å². The van der Waals surface area contributed by atoms with Gasteiger partial charge in [0.25, 0.3) is 5.69 Å². The molecule has 1 aliphatic rings. The monoisotopic (exact) mass is 278 g/mol. The zero-order chi connectivity index (χ0) is 14.7. The largest absolute Gasteiger partial charge is 0.398 e. The molecule has 0 aliphatic heterocycles. The second-order valence-electron chi connectivity index (χ2n) is 5.07. The van der Waals surface area contributed by atoms with Gasteiger partial charge < -0.3 is 16.4 Å². The number of hydrogen-bond donors (Lipinski definition) is 2. The van der Waals surface area contributed by atoms with Gasteiger partial charge in [-0.05, 0) is 18.9 Å². The molecule has 0 unspecified atom stereocenters. The molecule has 1 aromatic rings. The fourth-order valence-electron chi connectivity index (χ4n) is 2.70. The molecule has 0 heterocycles. The van der Waals surface area contributed by atoms with Crippen molar-refractivity contribution in [2.24, 2.45) is 5.73 Å².